The van der Waals surface area contributed by atoms with Gasteiger partial charge in [-0.25, -0.2) is 0 Å². The SMILES string of the molecule is Cc1ccc(OCC(O)CNC2(C(N)=O)CCCC2)cc1. The first-order valence-corrected chi connectivity index (χ1v) is 7.44. The molecule has 1 atom stereocenters. The number of nitrogens with one attached hydrogen (secondary N) is 1. The van der Waals surface area contributed by atoms with Crippen LogP contribution in [-0.4, -0.2) is 35.8 Å². The second-order valence-corrected chi connectivity index (χ2v) is 5.81. The Kier molecular flexibility index (Phi) is 5.20. The van der Waals surface area contributed by atoms with Gasteiger partial charge in [-0.1, -0.05) is 30.5 Å². The molecule has 0 aliphatic heterocycles. The number of aryl methyl sites for hydroxylation is 1. The summed E-state index contributed by atoms with van der Waals surface area (Å²) in [5.41, 5.74) is 6.00. The number of nitrogens with two attached hydrogens (primary N) is 1. The Balaban J connectivity index is 1.77. The summed E-state index contributed by atoms with van der Waals surface area (Å²) < 4.78 is 5.53. The van der Waals surface area contributed by atoms with E-state index in [1.54, 1.807) is 0 Å². The van der Waals surface area contributed by atoms with Crippen LogP contribution in [0.25, 0.3) is 0 Å². The molecule has 4 N–H and O–H groups in total. The summed E-state index contributed by atoms with van der Waals surface area (Å²) in [7, 11) is 0. The van der Waals surface area contributed by atoms with Gasteiger partial charge in [0.15, 0.2) is 0 Å². The van der Waals surface area contributed by atoms with E-state index in [0.29, 0.717) is 6.54 Å². The molecule has 1 unspecified atom stereocenters. The number of ether oxygens (including phenoxy) is 1. The number of β-amino-alcohol motifs (C(OH)–C–C–N with tert-alkyl or cyclic N) is 1. The zero-order valence-corrected chi connectivity index (χ0v) is 12.5. The largest absolute Gasteiger partial charge is 0.491 e. The van der Waals surface area contributed by atoms with E-state index >= 15 is 0 Å². The van der Waals surface area contributed by atoms with Gasteiger partial charge in [-0.05, 0) is 31.9 Å². The molecule has 0 bridgehead atoms. The van der Waals surface area contributed by atoms with Crippen LogP contribution in [0.5, 0.6) is 5.75 Å². The lowest BCUT2D eigenvalue weighted by Gasteiger charge is -2.28. The standard InChI is InChI=1S/C16H24N2O3/c1-12-4-6-14(7-5-12)21-11-13(19)10-18-16(15(17)20)8-2-3-9-16/h4-7,13,18-19H,2-3,8-11H2,1H3,(H2,17,20). The van der Waals surface area contributed by atoms with E-state index in [9.17, 15) is 9.90 Å². The maximum Gasteiger partial charge on any atom is 0.237 e. The number of rotatable bonds is 7. The Morgan fingerprint density at radius 2 is 2.00 bits per heavy atom. The Morgan fingerprint density at radius 1 is 1.38 bits per heavy atom. The summed E-state index contributed by atoms with van der Waals surface area (Å²) >= 11 is 0. The number of hydrogen-bond acceptors (Lipinski definition) is 4. The van der Waals surface area contributed by atoms with Crippen LogP contribution in [0.4, 0.5) is 0 Å². The van der Waals surface area contributed by atoms with Gasteiger partial charge in [0.05, 0.1) is 5.54 Å². The number of carbonyl (C=O) groups is 1. The van der Waals surface area contributed by atoms with E-state index in [-0.39, 0.29) is 12.5 Å². The van der Waals surface area contributed by atoms with E-state index in [1.165, 1.54) is 0 Å². The molecule has 0 spiro atoms. The molecular formula is C16H24N2O3. The lowest BCUT2D eigenvalue weighted by Crippen LogP contribution is -2.55. The Bertz CT molecular complexity index is 467. The molecule has 0 aromatic heterocycles. The van der Waals surface area contributed by atoms with Crippen molar-refractivity contribution >= 4 is 5.91 Å². The molecule has 0 saturated heterocycles. The number of amides is 1. The molecule has 1 amide bonds. The number of benzene rings is 1. The van der Waals surface area contributed by atoms with Gasteiger partial charge in [0.2, 0.25) is 5.91 Å². The van der Waals surface area contributed by atoms with Gasteiger partial charge in [-0.3, -0.25) is 4.79 Å². The monoisotopic (exact) mass is 292 g/mol. The smallest absolute Gasteiger partial charge is 0.237 e. The molecule has 0 heterocycles. The van der Waals surface area contributed by atoms with Gasteiger partial charge in [-0.15, -0.1) is 0 Å². The molecule has 5 nitrogen and oxygen atoms in total. The molecule has 1 aliphatic carbocycles. The summed E-state index contributed by atoms with van der Waals surface area (Å²) in [6, 6.07) is 7.66. The maximum absolute atomic E-state index is 11.6. The molecule has 2 rings (SSSR count). The van der Waals surface area contributed by atoms with Crippen molar-refractivity contribution in [2.24, 2.45) is 5.73 Å². The van der Waals surface area contributed by atoms with Crippen molar-refractivity contribution in [3.63, 3.8) is 0 Å². The van der Waals surface area contributed by atoms with E-state index in [0.717, 1.165) is 37.0 Å². The van der Waals surface area contributed by atoms with Crippen molar-refractivity contribution in [1.29, 1.82) is 0 Å². The van der Waals surface area contributed by atoms with Gasteiger partial charge in [0, 0.05) is 6.54 Å². The predicted molar refractivity (Wildman–Crippen MR) is 81.1 cm³/mol. The molecule has 1 fully saturated rings. The van der Waals surface area contributed by atoms with Gasteiger partial charge in [0.1, 0.15) is 18.5 Å². The molecule has 0 radical (unpaired) electrons. The molecule has 21 heavy (non-hydrogen) atoms. The number of aliphatic hydroxyl groups is 1. The third-order valence-corrected chi connectivity index (χ3v) is 4.07. The second kappa shape index (κ2) is 6.91. The fourth-order valence-corrected chi connectivity index (χ4v) is 2.69. The molecule has 1 aromatic carbocycles. The van der Waals surface area contributed by atoms with Crippen molar-refractivity contribution in [1.82, 2.24) is 5.32 Å². The van der Waals surface area contributed by atoms with Crippen LogP contribution in [-0.2, 0) is 4.79 Å². The average molecular weight is 292 g/mol. The molecule has 5 heteroatoms. The minimum absolute atomic E-state index is 0.185. The second-order valence-electron chi connectivity index (χ2n) is 5.81. The Labute approximate surface area is 125 Å². The molecule has 1 aromatic rings. The van der Waals surface area contributed by atoms with Crippen molar-refractivity contribution in [3.8, 4) is 5.75 Å². The zero-order chi connectivity index (χ0) is 15.3. The minimum Gasteiger partial charge on any atom is -0.491 e. The summed E-state index contributed by atoms with van der Waals surface area (Å²) in [5, 5.41) is 13.1. The lowest BCUT2D eigenvalue weighted by atomic mass is 9.96. The van der Waals surface area contributed by atoms with E-state index in [4.69, 9.17) is 10.5 Å². The Hall–Kier alpha value is -1.59. The Morgan fingerprint density at radius 3 is 2.57 bits per heavy atom. The highest BCUT2D eigenvalue weighted by Crippen LogP contribution is 2.29. The van der Waals surface area contributed by atoms with Gasteiger partial charge in [0.25, 0.3) is 0 Å². The molecular weight excluding hydrogens is 268 g/mol. The third-order valence-electron chi connectivity index (χ3n) is 4.07. The van der Waals surface area contributed by atoms with Crippen LogP contribution in [0.1, 0.15) is 31.2 Å². The van der Waals surface area contributed by atoms with Crippen LogP contribution in [0.3, 0.4) is 0 Å². The number of carbonyl (C=O) groups excluding carboxylic acids is 1. The fraction of sp³-hybridized carbons (Fsp3) is 0.562. The number of aliphatic hydroxyl groups excluding tert-OH is 1. The average Bonchev–Trinajstić information content (AvgIpc) is 2.95. The van der Waals surface area contributed by atoms with Crippen molar-refractivity contribution in [3.05, 3.63) is 29.8 Å². The first kappa shape index (κ1) is 15.8. The van der Waals surface area contributed by atoms with Gasteiger partial charge in [-0.2, -0.15) is 0 Å². The van der Waals surface area contributed by atoms with Crippen LogP contribution >= 0.6 is 0 Å². The highest BCUT2D eigenvalue weighted by atomic mass is 16.5. The number of hydrogen-bond donors (Lipinski definition) is 3. The van der Waals surface area contributed by atoms with Crippen molar-refractivity contribution < 1.29 is 14.6 Å². The molecule has 1 saturated carbocycles. The summed E-state index contributed by atoms with van der Waals surface area (Å²) in [6.07, 6.45) is 2.79. The first-order valence-electron chi connectivity index (χ1n) is 7.44. The lowest BCUT2D eigenvalue weighted by molar-refractivity contribution is -0.124. The summed E-state index contributed by atoms with van der Waals surface area (Å²) in [6.45, 7) is 2.49. The van der Waals surface area contributed by atoms with Crippen LogP contribution in [0.2, 0.25) is 0 Å². The predicted octanol–water partition coefficient (Wildman–Crippen LogP) is 1.12. The third kappa shape index (κ3) is 4.19. The highest BCUT2D eigenvalue weighted by molar-refractivity contribution is 5.85. The van der Waals surface area contributed by atoms with Crippen LogP contribution < -0.4 is 15.8 Å². The number of primary amides is 1. The fourth-order valence-electron chi connectivity index (χ4n) is 2.69. The van der Waals surface area contributed by atoms with E-state index in [1.807, 2.05) is 31.2 Å². The summed E-state index contributed by atoms with van der Waals surface area (Å²) in [5.74, 6) is 0.400. The highest BCUT2D eigenvalue weighted by Gasteiger charge is 2.39. The van der Waals surface area contributed by atoms with Gasteiger partial charge >= 0.3 is 0 Å². The zero-order valence-electron chi connectivity index (χ0n) is 12.5. The van der Waals surface area contributed by atoms with E-state index in [2.05, 4.69) is 5.32 Å². The molecule has 116 valence electrons. The van der Waals surface area contributed by atoms with Crippen LogP contribution in [0, 0.1) is 6.92 Å². The van der Waals surface area contributed by atoms with Crippen molar-refractivity contribution in [2.75, 3.05) is 13.2 Å². The van der Waals surface area contributed by atoms with Gasteiger partial charge < -0.3 is 20.9 Å². The summed E-state index contributed by atoms with van der Waals surface area (Å²) in [4.78, 5) is 11.6. The normalized spacial score (nSPS) is 18.4. The first-order chi connectivity index (χ1) is 10.0. The molecule has 1 aliphatic rings. The topological polar surface area (TPSA) is 84.6 Å². The van der Waals surface area contributed by atoms with Crippen LogP contribution in [0.15, 0.2) is 24.3 Å². The van der Waals surface area contributed by atoms with Crippen molar-refractivity contribution in [2.45, 2.75) is 44.2 Å². The van der Waals surface area contributed by atoms with E-state index < -0.39 is 11.6 Å². The quantitative estimate of drug-likeness (QED) is 0.703. The minimum atomic E-state index is -0.678. The maximum atomic E-state index is 11.6.